The number of aromatic nitrogens is 2. The molecule has 7 rings (SSSR count). The molecule has 0 atom stereocenters. The van der Waals surface area contributed by atoms with Crippen LogP contribution in [0.3, 0.4) is 0 Å². The molecule has 2 aromatic rings. The summed E-state index contributed by atoms with van der Waals surface area (Å²) >= 11 is 0. The molecule has 4 aliphatic carbocycles. The van der Waals surface area contributed by atoms with Crippen molar-refractivity contribution in [1.82, 2.24) is 14.0 Å². The molecule has 34 heavy (non-hydrogen) atoms. The Morgan fingerprint density at radius 3 is 2.03 bits per heavy atom. The lowest BCUT2D eigenvalue weighted by Crippen LogP contribution is -2.51. The Balaban J connectivity index is 1.47. The van der Waals surface area contributed by atoms with Crippen molar-refractivity contribution in [3.05, 3.63) is 50.3 Å². The zero-order valence-electron chi connectivity index (χ0n) is 19.8. The Morgan fingerprint density at radius 1 is 0.882 bits per heavy atom. The molecule has 4 saturated carbocycles. The van der Waals surface area contributed by atoms with Crippen LogP contribution in [-0.4, -0.2) is 46.9 Å². The topological polar surface area (TPSA) is 94.8 Å². The van der Waals surface area contributed by atoms with Crippen LogP contribution < -0.4 is 22.3 Å². The molecule has 1 aromatic carbocycles. The van der Waals surface area contributed by atoms with Gasteiger partial charge in [0.1, 0.15) is 0 Å². The predicted molar refractivity (Wildman–Crippen MR) is 130 cm³/mol. The second kappa shape index (κ2) is 8.64. The minimum atomic E-state index is -0.402. The Bertz CT molecular complexity index is 1240. The number of morpholine rings is 1. The Hall–Kier alpha value is -2.45. The zero-order chi connectivity index (χ0) is 23.3. The van der Waals surface area contributed by atoms with E-state index >= 15 is 0 Å². The van der Waals surface area contributed by atoms with Crippen LogP contribution in [-0.2, 0) is 17.8 Å². The van der Waals surface area contributed by atoms with Gasteiger partial charge in [-0.2, -0.15) is 5.10 Å². The quantitative estimate of drug-likeness (QED) is 0.533. The van der Waals surface area contributed by atoms with Gasteiger partial charge in [-0.05, 0) is 73.8 Å². The molecule has 1 aliphatic heterocycles. The van der Waals surface area contributed by atoms with Gasteiger partial charge < -0.3 is 19.7 Å². The normalized spacial score (nSPS) is 31.4. The van der Waals surface area contributed by atoms with Crippen molar-refractivity contribution in [2.24, 2.45) is 34.1 Å². The van der Waals surface area contributed by atoms with Crippen LogP contribution in [0.15, 0.2) is 39.0 Å². The summed E-state index contributed by atoms with van der Waals surface area (Å²) in [6.07, 6.45) is 7.63. The van der Waals surface area contributed by atoms with E-state index in [4.69, 9.17) is 10.6 Å². The second-order valence-electron chi connectivity index (χ2n) is 11.2. The highest BCUT2D eigenvalue weighted by atomic mass is 16.5. The van der Waals surface area contributed by atoms with Crippen LogP contribution in [0, 0.1) is 23.2 Å². The van der Waals surface area contributed by atoms with Gasteiger partial charge in [0, 0.05) is 32.7 Å². The number of fused-ring (bicyclic) bond motifs is 1. The maximum atomic E-state index is 13.8. The van der Waals surface area contributed by atoms with E-state index < -0.39 is 5.56 Å². The van der Waals surface area contributed by atoms with Crippen molar-refractivity contribution in [1.29, 1.82) is 0 Å². The first-order valence-electron chi connectivity index (χ1n) is 12.9. The molecule has 2 N–H and O–H groups in total. The summed E-state index contributed by atoms with van der Waals surface area (Å²) in [4.78, 5) is 29.6. The summed E-state index contributed by atoms with van der Waals surface area (Å²) in [6, 6.07) is 7.81. The van der Waals surface area contributed by atoms with Gasteiger partial charge >= 0.3 is 0 Å². The van der Waals surface area contributed by atoms with Crippen LogP contribution in [0.1, 0.15) is 38.5 Å². The number of benzene rings is 1. The molecule has 2 heterocycles. The van der Waals surface area contributed by atoms with Crippen molar-refractivity contribution in [3.63, 3.8) is 0 Å². The van der Waals surface area contributed by atoms with E-state index in [0.717, 1.165) is 41.9 Å². The number of rotatable bonds is 5. The van der Waals surface area contributed by atoms with Gasteiger partial charge in [0.15, 0.2) is 0 Å². The fourth-order valence-corrected chi connectivity index (χ4v) is 7.86. The summed E-state index contributed by atoms with van der Waals surface area (Å²) < 4.78 is 8.99. The Morgan fingerprint density at radius 2 is 1.44 bits per heavy atom. The molecule has 0 spiro atoms. The molecule has 1 aromatic heterocycles. The molecule has 5 aliphatic rings. The predicted octanol–water partition coefficient (Wildman–Crippen LogP) is 1.49. The van der Waals surface area contributed by atoms with Crippen LogP contribution in [0.25, 0.3) is 11.0 Å². The maximum absolute atomic E-state index is 13.8. The van der Waals surface area contributed by atoms with Gasteiger partial charge in [0.05, 0.1) is 24.2 Å². The average molecular weight is 466 g/mol. The van der Waals surface area contributed by atoms with Gasteiger partial charge in [-0.15, -0.1) is 0 Å². The molecule has 8 heteroatoms. The summed E-state index contributed by atoms with van der Waals surface area (Å²) in [6.45, 7) is 4.94. The van der Waals surface area contributed by atoms with Gasteiger partial charge in [-0.3, -0.25) is 14.5 Å². The molecule has 0 unspecified atom stereocenters. The molecule has 0 amide bonds. The maximum Gasteiger partial charge on any atom is 0.284 e. The largest absolute Gasteiger partial charge is 0.379 e. The number of para-hydroxylation sites is 2. The lowest BCUT2D eigenvalue weighted by atomic mass is 9.49. The highest BCUT2D eigenvalue weighted by Gasteiger charge is 2.51. The van der Waals surface area contributed by atoms with E-state index in [-0.39, 0.29) is 16.3 Å². The monoisotopic (exact) mass is 465 g/mol. The van der Waals surface area contributed by atoms with Gasteiger partial charge in [-0.25, -0.2) is 0 Å². The van der Waals surface area contributed by atoms with Crippen LogP contribution in [0.4, 0.5) is 0 Å². The molecule has 5 fully saturated rings. The summed E-state index contributed by atoms with van der Waals surface area (Å²) in [7, 11) is 0. The van der Waals surface area contributed by atoms with E-state index in [2.05, 4.69) is 10.0 Å². The Labute approximate surface area is 199 Å². The highest BCUT2D eigenvalue weighted by Crippen LogP contribution is 2.60. The van der Waals surface area contributed by atoms with Crippen molar-refractivity contribution in [3.8, 4) is 0 Å². The number of nitrogens with two attached hydrogens (primary N) is 1. The molecule has 0 radical (unpaired) electrons. The van der Waals surface area contributed by atoms with Crippen molar-refractivity contribution >= 4 is 11.0 Å². The Kier molecular flexibility index (Phi) is 5.60. The summed E-state index contributed by atoms with van der Waals surface area (Å²) in [5.41, 5.74) is 0.962. The number of hydrogen-bond acceptors (Lipinski definition) is 6. The zero-order valence-corrected chi connectivity index (χ0v) is 19.8. The first-order valence-corrected chi connectivity index (χ1v) is 12.9. The third kappa shape index (κ3) is 3.81. The molecule has 8 nitrogen and oxygen atoms in total. The second-order valence-corrected chi connectivity index (χ2v) is 11.2. The number of hydrogen-bond donors (Lipinski definition) is 1. The summed E-state index contributed by atoms with van der Waals surface area (Å²) in [5.74, 6) is 8.05. The molecule has 4 bridgehead atoms. The molecular weight excluding hydrogens is 430 g/mol. The first kappa shape index (κ1) is 22.0. The summed E-state index contributed by atoms with van der Waals surface area (Å²) in [5, 5.41) is 3.58. The molecular formula is C26H35N5O3. The van der Waals surface area contributed by atoms with Gasteiger partial charge in [-0.1, -0.05) is 12.1 Å². The van der Waals surface area contributed by atoms with E-state index in [1.54, 1.807) is 4.57 Å². The fraction of sp³-hybridized carbons (Fsp3) is 0.654. The van der Waals surface area contributed by atoms with Crippen molar-refractivity contribution < 1.29 is 4.74 Å². The van der Waals surface area contributed by atoms with Crippen LogP contribution in [0.2, 0.25) is 0 Å². The van der Waals surface area contributed by atoms with E-state index in [9.17, 15) is 9.59 Å². The SMILES string of the molecule is NN=c1c(=O)n(CCN2CCOCC2)c2ccccc2n(CC23CC4CC(CC(C4)C2)C3)c1=O. The average Bonchev–Trinajstić information content (AvgIpc) is 2.90. The highest BCUT2D eigenvalue weighted by molar-refractivity contribution is 5.74. The minimum Gasteiger partial charge on any atom is -0.379 e. The standard InChI is InChI=1S/C26H35N5O3/c27-28-23-24(32)30(6-5-29-7-9-34-10-8-29)21-3-1-2-4-22(21)31(25(23)33)17-26-14-18-11-19(15-26)13-20(12-18)16-26/h1-4,18-20H,5-17,27H2. The third-order valence-corrected chi connectivity index (χ3v) is 8.89. The van der Waals surface area contributed by atoms with Gasteiger partial charge in [0.2, 0.25) is 5.36 Å². The van der Waals surface area contributed by atoms with Crippen LogP contribution >= 0.6 is 0 Å². The third-order valence-electron chi connectivity index (χ3n) is 8.89. The lowest BCUT2D eigenvalue weighted by molar-refractivity contribution is -0.0617. The minimum absolute atomic E-state index is 0.142. The van der Waals surface area contributed by atoms with Crippen molar-refractivity contribution in [2.75, 3.05) is 32.8 Å². The number of ether oxygens (including phenoxy) is 1. The lowest BCUT2D eigenvalue weighted by Gasteiger charge is -2.57. The molecule has 1 saturated heterocycles. The van der Waals surface area contributed by atoms with E-state index in [1.807, 2.05) is 28.8 Å². The fourth-order valence-electron chi connectivity index (χ4n) is 7.86. The van der Waals surface area contributed by atoms with Crippen molar-refractivity contribution in [2.45, 2.75) is 51.6 Å². The van der Waals surface area contributed by atoms with E-state index in [0.29, 0.717) is 32.8 Å². The van der Waals surface area contributed by atoms with Crippen LogP contribution in [0.5, 0.6) is 0 Å². The van der Waals surface area contributed by atoms with Gasteiger partial charge in [0.25, 0.3) is 11.1 Å². The molecule has 182 valence electrons. The number of nitrogens with zero attached hydrogens (tertiary/aromatic N) is 4. The first-order chi connectivity index (χ1) is 16.5. The smallest absolute Gasteiger partial charge is 0.284 e. The van der Waals surface area contributed by atoms with E-state index in [1.165, 1.54) is 38.5 Å².